The molecule has 1 aliphatic rings. The minimum Gasteiger partial charge on any atom is -0.497 e. The molecule has 1 atom stereocenters. The largest absolute Gasteiger partial charge is 0.497 e. The zero-order valence-electron chi connectivity index (χ0n) is 16.1. The molecule has 4 nitrogen and oxygen atoms in total. The van der Waals surface area contributed by atoms with Gasteiger partial charge in [-0.05, 0) is 41.5 Å². The number of para-hydroxylation sites is 2. The Morgan fingerprint density at radius 2 is 1.62 bits per heavy atom. The van der Waals surface area contributed by atoms with E-state index in [1.165, 1.54) is 0 Å². The molecule has 0 saturated heterocycles. The van der Waals surface area contributed by atoms with E-state index >= 15 is 0 Å². The summed E-state index contributed by atoms with van der Waals surface area (Å²) in [5.41, 5.74) is 2.82. The van der Waals surface area contributed by atoms with Crippen LogP contribution in [0.25, 0.3) is 12.2 Å². The van der Waals surface area contributed by atoms with Gasteiger partial charge in [-0.15, -0.1) is 0 Å². The number of amides is 1. The number of fused-ring (bicyclic) bond motifs is 1. The van der Waals surface area contributed by atoms with E-state index in [9.17, 15) is 4.79 Å². The molecule has 1 heterocycles. The Bertz CT molecular complexity index is 1040. The van der Waals surface area contributed by atoms with Gasteiger partial charge in [0.05, 0.1) is 18.8 Å². The molecule has 0 radical (unpaired) electrons. The Hall–Kier alpha value is -3.79. The van der Waals surface area contributed by atoms with Crippen LogP contribution in [-0.4, -0.2) is 19.2 Å². The lowest BCUT2D eigenvalue weighted by Crippen LogP contribution is -2.42. The van der Waals surface area contributed by atoms with Crippen LogP contribution < -0.4 is 14.4 Å². The number of rotatable bonds is 4. The lowest BCUT2D eigenvalue weighted by atomic mass is 10.0. The molecule has 3 aromatic carbocycles. The zero-order valence-corrected chi connectivity index (χ0v) is 16.1. The minimum absolute atomic E-state index is 0.261. The number of nitrogens with zero attached hydrogens (tertiary/aromatic N) is 1. The first-order chi connectivity index (χ1) is 14.2. The van der Waals surface area contributed by atoms with Gasteiger partial charge in [0.25, 0.3) is 0 Å². The van der Waals surface area contributed by atoms with Gasteiger partial charge >= 0.3 is 6.09 Å². The Kier molecular flexibility index (Phi) is 5.43. The third kappa shape index (κ3) is 4.22. The van der Waals surface area contributed by atoms with Gasteiger partial charge in [-0.1, -0.05) is 72.8 Å². The summed E-state index contributed by atoms with van der Waals surface area (Å²) in [7, 11) is 1.64. The molecule has 0 fully saturated rings. The molecule has 0 unspecified atom stereocenters. The number of ether oxygens (including phenoxy) is 2. The monoisotopic (exact) mass is 383 g/mol. The summed E-state index contributed by atoms with van der Waals surface area (Å²) in [6, 6.07) is 24.4. The summed E-state index contributed by atoms with van der Waals surface area (Å²) in [6.45, 7) is 0. The summed E-state index contributed by atoms with van der Waals surface area (Å²) >= 11 is 0. The van der Waals surface area contributed by atoms with Crippen molar-refractivity contribution in [1.82, 2.24) is 0 Å². The lowest BCUT2D eigenvalue weighted by molar-refractivity contribution is 0.207. The van der Waals surface area contributed by atoms with E-state index < -0.39 is 6.09 Å². The number of carbonyl (C=O) groups is 1. The molecular formula is C25H21NO3. The molecule has 0 spiro atoms. The van der Waals surface area contributed by atoms with Crippen LogP contribution in [-0.2, 0) is 0 Å². The summed E-state index contributed by atoms with van der Waals surface area (Å²) < 4.78 is 10.8. The van der Waals surface area contributed by atoms with Gasteiger partial charge in [-0.3, -0.25) is 4.90 Å². The van der Waals surface area contributed by atoms with Crippen LogP contribution in [0, 0.1) is 0 Å². The third-order valence-corrected chi connectivity index (χ3v) is 4.71. The highest BCUT2D eigenvalue weighted by Crippen LogP contribution is 2.30. The van der Waals surface area contributed by atoms with Crippen LogP contribution in [0.1, 0.15) is 11.1 Å². The SMILES string of the molecule is COc1ccc(/C=C/[C@@H]2C=Cc3ccccc3N2C(=O)Oc2ccccc2)cc1. The maximum Gasteiger partial charge on any atom is 0.420 e. The van der Waals surface area contributed by atoms with E-state index in [1.54, 1.807) is 24.1 Å². The summed E-state index contributed by atoms with van der Waals surface area (Å²) in [6.07, 6.45) is 7.59. The highest BCUT2D eigenvalue weighted by molar-refractivity contribution is 5.95. The fraction of sp³-hybridized carbons (Fsp3) is 0.0800. The van der Waals surface area contributed by atoms with Gasteiger partial charge in [0.1, 0.15) is 11.5 Å². The van der Waals surface area contributed by atoms with Crippen molar-refractivity contribution < 1.29 is 14.3 Å². The number of hydrogen-bond acceptors (Lipinski definition) is 3. The molecule has 144 valence electrons. The quantitative estimate of drug-likeness (QED) is 0.571. The second-order valence-electron chi connectivity index (χ2n) is 6.59. The van der Waals surface area contributed by atoms with E-state index in [1.807, 2.05) is 91.0 Å². The molecule has 29 heavy (non-hydrogen) atoms. The van der Waals surface area contributed by atoms with E-state index in [2.05, 4.69) is 0 Å². The van der Waals surface area contributed by atoms with Gasteiger partial charge in [0.15, 0.2) is 0 Å². The topological polar surface area (TPSA) is 38.8 Å². The number of hydrogen-bond donors (Lipinski definition) is 0. The molecule has 4 rings (SSSR count). The maximum atomic E-state index is 13.1. The van der Waals surface area contributed by atoms with Crippen LogP contribution in [0.5, 0.6) is 11.5 Å². The Balaban J connectivity index is 1.62. The Labute approximate surface area is 170 Å². The highest BCUT2D eigenvalue weighted by atomic mass is 16.6. The van der Waals surface area contributed by atoms with Crippen LogP contribution in [0.2, 0.25) is 0 Å². The smallest absolute Gasteiger partial charge is 0.420 e. The summed E-state index contributed by atoms with van der Waals surface area (Å²) in [4.78, 5) is 14.7. The maximum absolute atomic E-state index is 13.1. The molecule has 1 amide bonds. The van der Waals surface area contributed by atoms with Gasteiger partial charge < -0.3 is 9.47 Å². The number of methoxy groups -OCH3 is 1. The van der Waals surface area contributed by atoms with Crippen LogP contribution in [0.15, 0.2) is 91.0 Å². The summed E-state index contributed by atoms with van der Waals surface area (Å²) in [5, 5.41) is 0. The van der Waals surface area contributed by atoms with Crippen LogP contribution in [0.3, 0.4) is 0 Å². The predicted octanol–water partition coefficient (Wildman–Crippen LogP) is 5.81. The van der Waals surface area contributed by atoms with Gasteiger partial charge in [0, 0.05) is 0 Å². The molecule has 0 saturated carbocycles. The highest BCUT2D eigenvalue weighted by Gasteiger charge is 2.28. The molecule has 0 aliphatic carbocycles. The third-order valence-electron chi connectivity index (χ3n) is 4.71. The van der Waals surface area contributed by atoms with Crippen molar-refractivity contribution >= 4 is 23.9 Å². The van der Waals surface area contributed by atoms with Gasteiger partial charge in [-0.2, -0.15) is 0 Å². The van der Waals surface area contributed by atoms with E-state index in [0.29, 0.717) is 5.75 Å². The van der Waals surface area contributed by atoms with Crippen LogP contribution >= 0.6 is 0 Å². The minimum atomic E-state index is -0.419. The molecule has 0 N–H and O–H groups in total. The van der Waals surface area contributed by atoms with Crippen molar-refractivity contribution in [2.45, 2.75) is 6.04 Å². The average molecular weight is 383 g/mol. The predicted molar refractivity (Wildman–Crippen MR) is 116 cm³/mol. The Morgan fingerprint density at radius 1 is 0.897 bits per heavy atom. The number of carbonyl (C=O) groups excluding carboxylic acids is 1. The number of anilines is 1. The van der Waals surface area contributed by atoms with Gasteiger partial charge in [-0.25, -0.2) is 4.79 Å². The van der Waals surface area contributed by atoms with Gasteiger partial charge in [0.2, 0.25) is 0 Å². The Morgan fingerprint density at radius 3 is 2.38 bits per heavy atom. The molecule has 1 aliphatic heterocycles. The van der Waals surface area contributed by atoms with Crippen molar-refractivity contribution in [2.24, 2.45) is 0 Å². The van der Waals surface area contributed by atoms with Crippen molar-refractivity contribution in [1.29, 1.82) is 0 Å². The van der Waals surface area contributed by atoms with Crippen LogP contribution in [0.4, 0.5) is 10.5 Å². The molecule has 4 heteroatoms. The fourth-order valence-corrected chi connectivity index (χ4v) is 3.23. The second kappa shape index (κ2) is 8.48. The molecule has 0 aromatic heterocycles. The van der Waals surface area contributed by atoms with Crippen molar-refractivity contribution in [3.63, 3.8) is 0 Å². The molecule has 0 bridgehead atoms. The molecular weight excluding hydrogens is 362 g/mol. The van der Waals surface area contributed by atoms with E-state index in [-0.39, 0.29) is 6.04 Å². The van der Waals surface area contributed by atoms with Crippen molar-refractivity contribution in [3.8, 4) is 11.5 Å². The first-order valence-electron chi connectivity index (χ1n) is 9.40. The normalized spacial score (nSPS) is 15.2. The second-order valence-corrected chi connectivity index (χ2v) is 6.59. The standard InChI is InChI=1S/C25H21NO3/c1-28-22-17-12-19(13-18-22)11-15-21-16-14-20-7-5-6-10-24(20)26(21)25(27)29-23-8-3-2-4-9-23/h2-18,21H,1H3/b15-11+/t21-/m1/s1. The zero-order chi connectivity index (χ0) is 20.1. The average Bonchev–Trinajstić information content (AvgIpc) is 2.78. The molecule has 3 aromatic rings. The lowest BCUT2D eigenvalue weighted by Gasteiger charge is -2.31. The van der Waals surface area contributed by atoms with Crippen molar-refractivity contribution in [2.75, 3.05) is 12.0 Å². The van der Waals surface area contributed by atoms with Crippen molar-refractivity contribution in [3.05, 3.63) is 102 Å². The fourth-order valence-electron chi connectivity index (χ4n) is 3.23. The first kappa shape index (κ1) is 18.6. The van der Waals surface area contributed by atoms with E-state index in [0.717, 1.165) is 22.6 Å². The first-order valence-corrected chi connectivity index (χ1v) is 9.40. The van der Waals surface area contributed by atoms with E-state index in [4.69, 9.17) is 9.47 Å². The number of benzene rings is 3. The summed E-state index contributed by atoms with van der Waals surface area (Å²) in [5.74, 6) is 1.32.